The fraction of sp³-hybridized carbons (Fsp3) is 0.353. The van der Waals surface area contributed by atoms with Crippen LogP contribution in [0.1, 0.15) is 34.5 Å². The number of hydrogen-bond donors (Lipinski definition) is 1. The zero-order valence-corrected chi connectivity index (χ0v) is 14.0. The van der Waals surface area contributed by atoms with Crippen LogP contribution in [0.5, 0.6) is 0 Å². The largest absolute Gasteiger partial charge is 0.469 e. The van der Waals surface area contributed by atoms with Crippen LogP contribution in [0.3, 0.4) is 0 Å². The van der Waals surface area contributed by atoms with Gasteiger partial charge in [0.25, 0.3) is 5.91 Å². The van der Waals surface area contributed by atoms with Crippen molar-refractivity contribution in [3.63, 3.8) is 0 Å². The first-order valence-electron chi connectivity index (χ1n) is 7.31. The summed E-state index contributed by atoms with van der Waals surface area (Å²) in [5.41, 5.74) is 1.30. The Labute approximate surface area is 138 Å². The van der Waals surface area contributed by atoms with E-state index in [1.807, 2.05) is 12.1 Å². The van der Waals surface area contributed by atoms with Gasteiger partial charge < -0.3 is 14.5 Å². The van der Waals surface area contributed by atoms with E-state index < -0.39 is 0 Å². The highest BCUT2D eigenvalue weighted by molar-refractivity contribution is 9.10. The first-order valence-corrected chi connectivity index (χ1v) is 8.10. The number of furan rings is 1. The van der Waals surface area contributed by atoms with Crippen molar-refractivity contribution in [1.29, 1.82) is 0 Å². The minimum absolute atomic E-state index is 0.101. The predicted molar refractivity (Wildman–Crippen MR) is 86.8 cm³/mol. The van der Waals surface area contributed by atoms with Crippen LogP contribution in [0, 0.1) is 6.92 Å². The number of carbonyl (C=O) groups excluding carboxylic acids is 1. The summed E-state index contributed by atoms with van der Waals surface area (Å²) in [5, 5.41) is 3.22. The van der Waals surface area contributed by atoms with Crippen LogP contribution >= 0.6 is 15.9 Å². The molecule has 1 amide bonds. The molecule has 1 aromatic carbocycles. The van der Waals surface area contributed by atoms with E-state index in [9.17, 15) is 4.79 Å². The normalized spacial score (nSPS) is 17.2. The van der Waals surface area contributed by atoms with Crippen LogP contribution < -0.4 is 5.32 Å². The minimum atomic E-state index is -0.389. The average Bonchev–Trinajstić information content (AvgIpc) is 2.95. The number of hydrogen-bond acceptors (Lipinski definition) is 3. The number of ether oxygens (including phenoxy) is 1. The van der Waals surface area contributed by atoms with Gasteiger partial charge >= 0.3 is 0 Å². The fourth-order valence-electron chi connectivity index (χ4n) is 2.88. The fourth-order valence-corrected chi connectivity index (χ4v) is 3.14. The summed E-state index contributed by atoms with van der Waals surface area (Å²) >= 11 is 3.45. The van der Waals surface area contributed by atoms with Crippen molar-refractivity contribution in [3.8, 4) is 0 Å². The molecule has 4 nitrogen and oxygen atoms in total. The number of halogens is 1. The maximum absolute atomic E-state index is 12.6. The summed E-state index contributed by atoms with van der Waals surface area (Å²) in [7, 11) is 0. The lowest BCUT2D eigenvalue weighted by atomic mass is 9.82. The van der Waals surface area contributed by atoms with Gasteiger partial charge in [0.2, 0.25) is 0 Å². The minimum Gasteiger partial charge on any atom is -0.469 e. The molecule has 0 radical (unpaired) electrons. The van der Waals surface area contributed by atoms with Gasteiger partial charge in [-0.2, -0.15) is 0 Å². The number of carbonyl (C=O) groups is 1. The number of aryl methyl sites for hydroxylation is 1. The molecule has 0 unspecified atom stereocenters. The maximum atomic E-state index is 12.6. The molecule has 1 N–H and O–H groups in total. The molecular formula is C17H18BrNO3. The molecule has 0 aliphatic carbocycles. The highest BCUT2D eigenvalue weighted by Gasteiger charge is 2.36. The van der Waals surface area contributed by atoms with Gasteiger partial charge in [0.1, 0.15) is 5.76 Å². The third-order valence-corrected chi connectivity index (χ3v) is 4.73. The maximum Gasteiger partial charge on any atom is 0.255 e. The second-order valence-electron chi connectivity index (χ2n) is 5.55. The van der Waals surface area contributed by atoms with Gasteiger partial charge in [0.05, 0.1) is 17.4 Å². The molecular weight excluding hydrogens is 346 g/mol. The van der Waals surface area contributed by atoms with Gasteiger partial charge in [-0.1, -0.05) is 28.1 Å². The quantitative estimate of drug-likeness (QED) is 0.902. The van der Waals surface area contributed by atoms with Crippen molar-refractivity contribution < 1.29 is 13.9 Å². The number of amides is 1. The second kappa shape index (κ2) is 6.26. The van der Waals surface area contributed by atoms with E-state index in [1.165, 1.54) is 0 Å². The topological polar surface area (TPSA) is 51.5 Å². The zero-order valence-electron chi connectivity index (χ0n) is 12.4. The highest BCUT2D eigenvalue weighted by atomic mass is 79.9. The van der Waals surface area contributed by atoms with Crippen molar-refractivity contribution in [2.75, 3.05) is 13.2 Å². The Morgan fingerprint density at radius 1 is 1.18 bits per heavy atom. The SMILES string of the molecule is Cc1occc1C(=O)NC1(c2ccc(Br)cc2)CCOCC1. The van der Waals surface area contributed by atoms with Crippen LogP contribution in [-0.4, -0.2) is 19.1 Å². The molecule has 1 aromatic heterocycles. The van der Waals surface area contributed by atoms with E-state index in [2.05, 4.69) is 33.4 Å². The van der Waals surface area contributed by atoms with Crippen molar-refractivity contribution in [1.82, 2.24) is 5.32 Å². The molecule has 3 rings (SSSR count). The molecule has 0 atom stereocenters. The Bertz CT molecular complexity index is 657. The lowest BCUT2D eigenvalue weighted by molar-refractivity contribution is 0.0345. The molecule has 5 heteroatoms. The standard InChI is InChI=1S/C17H18BrNO3/c1-12-15(6-9-22-12)16(20)19-17(7-10-21-11-8-17)13-2-4-14(18)5-3-13/h2-6,9H,7-8,10-11H2,1H3,(H,19,20). The van der Waals surface area contributed by atoms with Gasteiger partial charge in [-0.05, 0) is 43.5 Å². The summed E-state index contributed by atoms with van der Waals surface area (Å²) in [6.45, 7) is 3.08. The molecule has 0 saturated carbocycles. The molecule has 1 saturated heterocycles. The third-order valence-electron chi connectivity index (χ3n) is 4.20. The Balaban J connectivity index is 1.91. The van der Waals surface area contributed by atoms with Crippen LogP contribution in [-0.2, 0) is 10.3 Å². The summed E-state index contributed by atoms with van der Waals surface area (Å²) in [6.07, 6.45) is 3.06. The van der Waals surface area contributed by atoms with Gasteiger partial charge in [-0.25, -0.2) is 0 Å². The first-order chi connectivity index (χ1) is 10.6. The van der Waals surface area contributed by atoms with E-state index in [0.29, 0.717) is 24.5 Å². The lowest BCUT2D eigenvalue weighted by Gasteiger charge is -2.38. The van der Waals surface area contributed by atoms with Crippen LogP contribution in [0.25, 0.3) is 0 Å². The van der Waals surface area contributed by atoms with Crippen molar-refractivity contribution >= 4 is 21.8 Å². The molecule has 0 spiro atoms. The molecule has 1 aliphatic heterocycles. The van der Waals surface area contributed by atoms with E-state index in [4.69, 9.17) is 9.15 Å². The van der Waals surface area contributed by atoms with Gasteiger partial charge in [0.15, 0.2) is 0 Å². The number of benzene rings is 1. The summed E-state index contributed by atoms with van der Waals surface area (Å²) in [5.74, 6) is 0.534. The van der Waals surface area contributed by atoms with Crippen LogP contribution in [0.15, 0.2) is 45.5 Å². The first kappa shape index (κ1) is 15.3. The summed E-state index contributed by atoms with van der Waals surface area (Å²) in [4.78, 5) is 12.6. The summed E-state index contributed by atoms with van der Waals surface area (Å²) in [6, 6.07) is 9.82. The Hall–Kier alpha value is -1.59. The van der Waals surface area contributed by atoms with E-state index in [-0.39, 0.29) is 11.4 Å². The molecule has 2 aromatic rings. The summed E-state index contributed by atoms with van der Waals surface area (Å²) < 4.78 is 11.7. The van der Waals surface area contributed by atoms with E-state index in [0.717, 1.165) is 22.9 Å². The number of nitrogens with one attached hydrogen (secondary N) is 1. The highest BCUT2D eigenvalue weighted by Crippen LogP contribution is 2.33. The zero-order chi connectivity index (χ0) is 15.6. The molecule has 1 fully saturated rings. The van der Waals surface area contributed by atoms with Gasteiger partial charge in [0, 0.05) is 17.7 Å². The van der Waals surface area contributed by atoms with Crippen molar-refractivity contribution in [3.05, 3.63) is 58.0 Å². The molecule has 22 heavy (non-hydrogen) atoms. The van der Waals surface area contributed by atoms with Crippen LogP contribution in [0.4, 0.5) is 0 Å². The van der Waals surface area contributed by atoms with Gasteiger partial charge in [-0.3, -0.25) is 4.79 Å². The smallest absolute Gasteiger partial charge is 0.255 e. The number of rotatable bonds is 3. The monoisotopic (exact) mass is 363 g/mol. The molecule has 0 bridgehead atoms. The van der Waals surface area contributed by atoms with E-state index in [1.54, 1.807) is 19.3 Å². The van der Waals surface area contributed by atoms with Crippen molar-refractivity contribution in [2.24, 2.45) is 0 Å². The third kappa shape index (κ3) is 2.96. The molecule has 1 aliphatic rings. The van der Waals surface area contributed by atoms with Crippen LogP contribution in [0.2, 0.25) is 0 Å². The van der Waals surface area contributed by atoms with Crippen molar-refractivity contribution in [2.45, 2.75) is 25.3 Å². The lowest BCUT2D eigenvalue weighted by Crippen LogP contribution is -2.49. The Kier molecular flexibility index (Phi) is 4.36. The molecule has 2 heterocycles. The van der Waals surface area contributed by atoms with Gasteiger partial charge in [-0.15, -0.1) is 0 Å². The van der Waals surface area contributed by atoms with E-state index >= 15 is 0 Å². The average molecular weight is 364 g/mol. The Morgan fingerprint density at radius 3 is 2.45 bits per heavy atom. The molecule has 116 valence electrons. The Morgan fingerprint density at radius 2 is 1.86 bits per heavy atom. The predicted octanol–water partition coefficient (Wildman–Crippen LogP) is 3.79. The second-order valence-corrected chi connectivity index (χ2v) is 6.46.